The lowest BCUT2D eigenvalue weighted by Crippen LogP contribution is -2.43. The maximum atomic E-state index is 13.5. The van der Waals surface area contributed by atoms with Crippen LogP contribution in [0, 0.1) is 5.82 Å². The van der Waals surface area contributed by atoms with Crippen LogP contribution in [-0.4, -0.2) is 36.9 Å². The second-order valence-corrected chi connectivity index (χ2v) is 5.08. The fourth-order valence-electron chi connectivity index (χ4n) is 1.61. The van der Waals surface area contributed by atoms with E-state index < -0.39 is 23.9 Å². The van der Waals surface area contributed by atoms with Crippen LogP contribution < -0.4 is 10.6 Å². The third-order valence-electron chi connectivity index (χ3n) is 2.65. The molecule has 0 aliphatic rings. The van der Waals surface area contributed by atoms with E-state index in [0.29, 0.717) is 17.5 Å². The van der Waals surface area contributed by atoms with Gasteiger partial charge in [0.25, 0.3) is 0 Å². The van der Waals surface area contributed by atoms with Gasteiger partial charge in [-0.05, 0) is 40.9 Å². The number of halogens is 2. The number of urea groups is 1. The highest BCUT2D eigenvalue weighted by molar-refractivity contribution is 9.10. The van der Waals surface area contributed by atoms with Gasteiger partial charge in [-0.25, -0.2) is 14.0 Å². The number of hydrogen-bond donors (Lipinski definition) is 3. The molecule has 0 aromatic heterocycles. The number of rotatable bonds is 7. The molecule has 1 atom stereocenters. The number of ether oxygens (including phenoxy) is 1. The number of amides is 2. The van der Waals surface area contributed by atoms with Crippen LogP contribution >= 0.6 is 15.9 Å². The van der Waals surface area contributed by atoms with E-state index in [1.807, 2.05) is 0 Å². The lowest BCUT2D eigenvalue weighted by molar-refractivity contribution is -0.139. The Hall–Kier alpha value is -1.67. The molecular formula is C13H16BrFN2O4. The number of aliphatic carboxylic acids is 1. The first-order valence-corrected chi connectivity index (χ1v) is 6.98. The largest absolute Gasteiger partial charge is 0.480 e. The average Bonchev–Trinajstić information content (AvgIpc) is 2.42. The highest BCUT2D eigenvalue weighted by atomic mass is 79.9. The Labute approximate surface area is 129 Å². The standard InChI is InChI=1S/C13H16BrFN2O4/c1-21-7-3-6-10(12(18)19)16-13(20)17-11-8(14)4-2-5-9(11)15/h2,4-5,10H,3,6-7H2,1H3,(H,18,19)(H2,16,17,20). The molecule has 0 radical (unpaired) electrons. The number of benzene rings is 1. The van der Waals surface area contributed by atoms with Crippen LogP contribution in [0.1, 0.15) is 12.8 Å². The molecule has 0 bridgehead atoms. The lowest BCUT2D eigenvalue weighted by Gasteiger charge is -2.15. The Kier molecular flexibility index (Phi) is 7.10. The second kappa shape index (κ2) is 8.58. The van der Waals surface area contributed by atoms with Crippen molar-refractivity contribution in [3.8, 4) is 0 Å². The van der Waals surface area contributed by atoms with Crippen molar-refractivity contribution in [2.75, 3.05) is 19.0 Å². The van der Waals surface area contributed by atoms with Gasteiger partial charge in [-0.2, -0.15) is 0 Å². The molecule has 1 rings (SSSR count). The summed E-state index contributed by atoms with van der Waals surface area (Å²) in [6.07, 6.45) is 0.701. The van der Waals surface area contributed by atoms with Gasteiger partial charge in [0.05, 0.1) is 5.69 Å². The molecule has 1 aromatic rings. The van der Waals surface area contributed by atoms with Gasteiger partial charge in [-0.15, -0.1) is 0 Å². The van der Waals surface area contributed by atoms with E-state index in [1.54, 1.807) is 6.07 Å². The van der Waals surface area contributed by atoms with Crippen LogP contribution in [0.25, 0.3) is 0 Å². The van der Waals surface area contributed by atoms with E-state index in [9.17, 15) is 14.0 Å². The number of anilines is 1. The number of carboxylic acid groups (broad SMARTS) is 1. The summed E-state index contributed by atoms with van der Waals surface area (Å²) in [7, 11) is 1.51. The van der Waals surface area contributed by atoms with Crippen molar-refractivity contribution >= 4 is 33.6 Å². The third kappa shape index (κ3) is 5.68. The summed E-state index contributed by atoms with van der Waals surface area (Å²) < 4.78 is 18.7. The summed E-state index contributed by atoms with van der Waals surface area (Å²) in [5.41, 5.74) is -0.0453. The predicted octanol–water partition coefficient (Wildman–Crippen LogP) is 2.59. The van der Waals surface area contributed by atoms with Crippen molar-refractivity contribution in [3.05, 3.63) is 28.5 Å². The van der Waals surface area contributed by atoms with E-state index in [1.165, 1.54) is 19.2 Å². The van der Waals surface area contributed by atoms with Crippen LogP contribution in [0.2, 0.25) is 0 Å². The number of carboxylic acids is 1. The van der Waals surface area contributed by atoms with Gasteiger partial charge in [0.1, 0.15) is 11.9 Å². The van der Waals surface area contributed by atoms with Crippen molar-refractivity contribution in [3.63, 3.8) is 0 Å². The zero-order valence-electron chi connectivity index (χ0n) is 11.4. The number of carbonyl (C=O) groups excluding carboxylic acids is 1. The maximum absolute atomic E-state index is 13.5. The van der Waals surface area contributed by atoms with Gasteiger partial charge in [0.15, 0.2) is 0 Å². The smallest absolute Gasteiger partial charge is 0.326 e. The molecule has 3 N–H and O–H groups in total. The van der Waals surface area contributed by atoms with Gasteiger partial charge >= 0.3 is 12.0 Å². The molecule has 0 saturated carbocycles. The van der Waals surface area contributed by atoms with E-state index in [2.05, 4.69) is 26.6 Å². The second-order valence-electron chi connectivity index (χ2n) is 4.22. The van der Waals surface area contributed by atoms with Crippen molar-refractivity contribution < 1.29 is 23.8 Å². The first-order chi connectivity index (χ1) is 9.95. The Morgan fingerprint density at radius 1 is 1.48 bits per heavy atom. The quantitative estimate of drug-likeness (QED) is 0.650. The molecule has 1 unspecified atom stereocenters. The Morgan fingerprint density at radius 2 is 2.19 bits per heavy atom. The summed E-state index contributed by atoms with van der Waals surface area (Å²) in [5, 5.41) is 13.6. The summed E-state index contributed by atoms with van der Waals surface area (Å²) in [5.74, 6) is -1.78. The van der Waals surface area contributed by atoms with Crippen molar-refractivity contribution in [2.24, 2.45) is 0 Å². The van der Waals surface area contributed by atoms with Gasteiger partial charge in [0.2, 0.25) is 0 Å². The molecular weight excluding hydrogens is 347 g/mol. The number of nitrogens with one attached hydrogen (secondary N) is 2. The first kappa shape index (κ1) is 17.4. The third-order valence-corrected chi connectivity index (χ3v) is 3.31. The average molecular weight is 363 g/mol. The molecule has 0 saturated heterocycles. The number of carbonyl (C=O) groups is 2. The van der Waals surface area contributed by atoms with Crippen LogP contribution in [0.15, 0.2) is 22.7 Å². The van der Waals surface area contributed by atoms with Crippen molar-refractivity contribution in [1.82, 2.24) is 5.32 Å². The Morgan fingerprint density at radius 3 is 2.76 bits per heavy atom. The maximum Gasteiger partial charge on any atom is 0.326 e. The molecule has 21 heavy (non-hydrogen) atoms. The minimum absolute atomic E-state index is 0.0453. The van der Waals surface area contributed by atoms with Crippen molar-refractivity contribution in [1.29, 1.82) is 0 Å². The highest BCUT2D eigenvalue weighted by Gasteiger charge is 2.20. The molecule has 0 aliphatic heterocycles. The number of hydrogen-bond acceptors (Lipinski definition) is 3. The van der Waals surface area contributed by atoms with E-state index in [4.69, 9.17) is 9.84 Å². The first-order valence-electron chi connectivity index (χ1n) is 6.19. The molecule has 0 heterocycles. The minimum atomic E-state index is -1.16. The van der Waals surface area contributed by atoms with Crippen LogP contribution in [-0.2, 0) is 9.53 Å². The van der Waals surface area contributed by atoms with Crippen LogP contribution in [0.4, 0.5) is 14.9 Å². The minimum Gasteiger partial charge on any atom is -0.480 e. The number of para-hydroxylation sites is 1. The molecule has 6 nitrogen and oxygen atoms in total. The summed E-state index contributed by atoms with van der Waals surface area (Å²) in [6, 6.07) is 2.38. The number of methoxy groups -OCH3 is 1. The van der Waals surface area contributed by atoms with E-state index in [-0.39, 0.29) is 12.1 Å². The molecule has 1 aromatic carbocycles. The lowest BCUT2D eigenvalue weighted by atomic mass is 10.1. The Bertz CT molecular complexity index is 493. The molecule has 0 fully saturated rings. The van der Waals surface area contributed by atoms with Crippen LogP contribution in [0.5, 0.6) is 0 Å². The van der Waals surface area contributed by atoms with Crippen molar-refractivity contribution in [2.45, 2.75) is 18.9 Å². The molecule has 116 valence electrons. The molecule has 0 aliphatic carbocycles. The summed E-state index contributed by atoms with van der Waals surface area (Å²) >= 11 is 3.11. The SMILES string of the molecule is COCCCC(NC(=O)Nc1c(F)cccc1Br)C(=O)O. The summed E-state index contributed by atoms with van der Waals surface area (Å²) in [4.78, 5) is 22.8. The summed E-state index contributed by atoms with van der Waals surface area (Å²) in [6.45, 7) is 0.395. The molecule has 2 amide bonds. The highest BCUT2D eigenvalue weighted by Crippen LogP contribution is 2.24. The van der Waals surface area contributed by atoms with Gasteiger partial charge in [-0.1, -0.05) is 6.07 Å². The zero-order valence-corrected chi connectivity index (χ0v) is 12.9. The van der Waals surface area contributed by atoms with Crippen LogP contribution in [0.3, 0.4) is 0 Å². The van der Waals surface area contributed by atoms with Gasteiger partial charge in [0, 0.05) is 18.2 Å². The monoisotopic (exact) mass is 362 g/mol. The topological polar surface area (TPSA) is 87.7 Å². The normalized spacial score (nSPS) is 11.8. The van der Waals surface area contributed by atoms with E-state index >= 15 is 0 Å². The molecule has 8 heteroatoms. The fourth-order valence-corrected chi connectivity index (χ4v) is 2.06. The van der Waals surface area contributed by atoms with Gasteiger partial charge < -0.3 is 20.5 Å². The fraction of sp³-hybridized carbons (Fsp3) is 0.385. The van der Waals surface area contributed by atoms with Gasteiger partial charge in [-0.3, -0.25) is 0 Å². The predicted molar refractivity (Wildman–Crippen MR) is 78.8 cm³/mol. The Balaban J connectivity index is 2.63. The molecule has 0 spiro atoms. The van der Waals surface area contributed by atoms with E-state index in [0.717, 1.165) is 0 Å². The zero-order chi connectivity index (χ0) is 15.8.